The van der Waals surface area contributed by atoms with Crippen LogP contribution in [0.5, 0.6) is 5.75 Å². The van der Waals surface area contributed by atoms with E-state index in [1.165, 1.54) is 0 Å². The van der Waals surface area contributed by atoms with Crippen LogP contribution in [0.2, 0.25) is 0 Å². The molecular weight excluding hydrogens is 296 g/mol. The van der Waals surface area contributed by atoms with E-state index < -0.39 is 0 Å². The van der Waals surface area contributed by atoms with Crippen molar-refractivity contribution in [1.82, 2.24) is 9.88 Å². The van der Waals surface area contributed by atoms with Crippen LogP contribution in [0.25, 0.3) is 6.08 Å². The molecule has 0 fully saturated rings. The van der Waals surface area contributed by atoms with Crippen molar-refractivity contribution < 1.29 is 9.53 Å². The molecule has 0 bridgehead atoms. The predicted octanol–water partition coefficient (Wildman–Crippen LogP) is 3.69. The van der Waals surface area contributed by atoms with E-state index in [-0.39, 0.29) is 11.9 Å². The summed E-state index contributed by atoms with van der Waals surface area (Å²) >= 11 is 1.57. The zero-order chi connectivity index (χ0) is 16.1. The van der Waals surface area contributed by atoms with Crippen LogP contribution < -0.4 is 4.74 Å². The molecule has 0 saturated heterocycles. The number of hydrogen-bond donors (Lipinski definition) is 0. The summed E-state index contributed by atoms with van der Waals surface area (Å²) in [5, 5.41) is 2.92. The third-order valence-electron chi connectivity index (χ3n) is 3.55. The second-order valence-corrected chi connectivity index (χ2v) is 6.05. The molecule has 1 aromatic carbocycles. The van der Waals surface area contributed by atoms with E-state index >= 15 is 0 Å². The van der Waals surface area contributed by atoms with Crippen molar-refractivity contribution in [3.05, 3.63) is 52.0 Å². The maximum absolute atomic E-state index is 12.3. The van der Waals surface area contributed by atoms with Gasteiger partial charge in [-0.25, -0.2) is 4.98 Å². The molecule has 0 saturated carbocycles. The van der Waals surface area contributed by atoms with Gasteiger partial charge in [-0.15, -0.1) is 11.3 Å². The molecule has 1 atom stereocenters. The first-order valence-corrected chi connectivity index (χ1v) is 7.90. The molecule has 1 heterocycles. The summed E-state index contributed by atoms with van der Waals surface area (Å²) in [7, 11) is 3.42. The lowest BCUT2D eigenvalue weighted by Crippen LogP contribution is -2.28. The second-order valence-electron chi connectivity index (χ2n) is 4.99. The number of para-hydroxylation sites is 1. The molecule has 22 heavy (non-hydrogen) atoms. The minimum absolute atomic E-state index is 0.0657. The number of nitrogens with zero attached hydrogens (tertiary/aromatic N) is 2. The van der Waals surface area contributed by atoms with Gasteiger partial charge in [-0.1, -0.05) is 18.2 Å². The van der Waals surface area contributed by atoms with Gasteiger partial charge < -0.3 is 9.64 Å². The molecule has 1 amide bonds. The Morgan fingerprint density at radius 1 is 1.41 bits per heavy atom. The van der Waals surface area contributed by atoms with Crippen LogP contribution in [-0.4, -0.2) is 29.9 Å². The van der Waals surface area contributed by atoms with Crippen molar-refractivity contribution in [2.24, 2.45) is 0 Å². The zero-order valence-electron chi connectivity index (χ0n) is 13.2. The third-order valence-corrected chi connectivity index (χ3v) is 4.34. The SMILES string of the molecule is COc1ccccc1[C@H](C)N(C)C(=O)/C=C\c1csc(C)n1. The van der Waals surface area contributed by atoms with E-state index in [0.29, 0.717) is 0 Å². The van der Waals surface area contributed by atoms with Crippen LogP contribution >= 0.6 is 11.3 Å². The summed E-state index contributed by atoms with van der Waals surface area (Å²) < 4.78 is 5.36. The van der Waals surface area contributed by atoms with E-state index in [1.54, 1.807) is 42.5 Å². The molecule has 0 unspecified atom stereocenters. The Morgan fingerprint density at radius 2 is 2.14 bits per heavy atom. The smallest absolute Gasteiger partial charge is 0.246 e. The van der Waals surface area contributed by atoms with E-state index in [2.05, 4.69) is 4.98 Å². The number of aromatic nitrogens is 1. The van der Waals surface area contributed by atoms with Crippen molar-refractivity contribution in [1.29, 1.82) is 0 Å². The molecule has 116 valence electrons. The number of rotatable bonds is 5. The third kappa shape index (κ3) is 3.74. The van der Waals surface area contributed by atoms with Crippen molar-refractivity contribution >= 4 is 23.3 Å². The summed E-state index contributed by atoms with van der Waals surface area (Å²) in [6.07, 6.45) is 3.30. The molecule has 0 aliphatic rings. The number of ether oxygens (including phenoxy) is 1. The Labute approximate surface area is 135 Å². The fraction of sp³-hybridized carbons (Fsp3) is 0.294. The molecule has 0 aliphatic carbocycles. The van der Waals surface area contributed by atoms with Crippen molar-refractivity contribution in [2.45, 2.75) is 19.9 Å². The Hall–Kier alpha value is -2.14. The summed E-state index contributed by atoms with van der Waals surface area (Å²) in [6, 6.07) is 7.66. The van der Waals surface area contributed by atoms with E-state index in [0.717, 1.165) is 22.0 Å². The van der Waals surface area contributed by atoms with Crippen LogP contribution in [0.1, 0.15) is 29.2 Å². The van der Waals surface area contributed by atoms with E-state index in [9.17, 15) is 4.79 Å². The van der Waals surface area contributed by atoms with Gasteiger partial charge in [-0.2, -0.15) is 0 Å². The lowest BCUT2D eigenvalue weighted by atomic mass is 10.1. The predicted molar refractivity (Wildman–Crippen MR) is 90.1 cm³/mol. The Balaban J connectivity index is 2.11. The first kappa shape index (κ1) is 16.2. The number of benzene rings is 1. The van der Waals surface area contributed by atoms with Gasteiger partial charge in [0.05, 0.1) is 23.9 Å². The Bertz CT molecular complexity index is 679. The highest BCUT2D eigenvalue weighted by Gasteiger charge is 2.18. The number of thiazole rings is 1. The van der Waals surface area contributed by atoms with Gasteiger partial charge >= 0.3 is 0 Å². The number of aryl methyl sites for hydroxylation is 1. The van der Waals surface area contributed by atoms with Crippen LogP contribution in [0.15, 0.2) is 35.7 Å². The largest absolute Gasteiger partial charge is 0.496 e. The van der Waals surface area contributed by atoms with Crippen LogP contribution in [-0.2, 0) is 4.79 Å². The van der Waals surface area contributed by atoms with Gasteiger partial charge in [-0.3, -0.25) is 4.79 Å². The molecule has 4 nitrogen and oxygen atoms in total. The van der Waals surface area contributed by atoms with Gasteiger partial charge in [0.15, 0.2) is 0 Å². The highest BCUT2D eigenvalue weighted by molar-refractivity contribution is 7.09. The van der Waals surface area contributed by atoms with Gasteiger partial charge in [0, 0.05) is 24.1 Å². The minimum atomic E-state index is -0.0783. The van der Waals surface area contributed by atoms with Crippen molar-refractivity contribution in [3.63, 3.8) is 0 Å². The fourth-order valence-electron chi connectivity index (χ4n) is 2.14. The highest BCUT2D eigenvalue weighted by Crippen LogP contribution is 2.28. The van der Waals surface area contributed by atoms with Crippen molar-refractivity contribution in [3.8, 4) is 5.75 Å². The van der Waals surface area contributed by atoms with E-state index in [4.69, 9.17) is 4.74 Å². The second kappa shape index (κ2) is 7.22. The molecule has 0 aliphatic heterocycles. The maximum Gasteiger partial charge on any atom is 0.246 e. The molecule has 2 aromatic rings. The number of amides is 1. The summed E-state index contributed by atoms with van der Waals surface area (Å²) in [5.41, 5.74) is 1.80. The summed E-state index contributed by atoms with van der Waals surface area (Å²) in [6.45, 7) is 3.93. The van der Waals surface area contributed by atoms with Crippen LogP contribution in [0, 0.1) is 6.92 Å². The number of carbonyl (C=O) groups is 1. The molecule has 0 radical (unpaired) electrons. The minimum Gasteiger partial charge on any atom is -0.496 e. The Morgan fingerprint density at radius 3 is 2.77 bits per heavy atom. The van der Waals surface area contributed by atoms with Gasteiger partial charge in [0.25, 0.3) is 0 Å². The molecule has 0 spiro atoms. The molecule has 1 aromatic heterocycles. The summed E-state index contributed by atoms with van der Waals surface area (Å²) in [5.74, 6) is 0.720. The van der Waals surface area contributed by atoms with Crippen LogP contribution in [0.4, 0.5) is 0 Å². The van der Waals surface area contributed by atoms with Gasteiger partial charge in [0.1, 0.15) is 5.75 Å². The number of hydrogen-bond acceptors (Lipinski definition) is 4. The van der Waals surface area contributed by atoms with E-state index in [1.807, 2.05) is 43.5 Å². The number of methoxy groups -OCH3 is 1. The van der Waals surface area contributed by atoms with Gasteiger partial charge in [0.2, 0.25) is 5.91 Å². The fourth-order valence-corrected chi connectivity index (χ4v) is 2.72. The normalized spacial score (nSPS) is 12.4. The average Bonchev–Trinajstić information content (AvgIpc) is 2.96. The number of carbonyl (C=O) groups excluding carboxylic acids is 1. The molecule has 5 heteroatoms. The van der Waals surface area contributed by atoms with Crippen molar-refractivity contribution in [2.75, 3.05) is 14.2 Å². The highest BCUT2D eigenvalue weighted by atomic mass is 32.1. The average molecular weight is 316 g/mol. The lowest BCUT2D eigenvalue weighted by Gasteiger charge is -2.25. The number of likely N-dealkylation sites (N-methyl/N-ethyl adjacent to an activating group) is 1. The molecule has 2 rings (SSSR count). The Kier molecular flexibility index (Phi) is 5.33. The summed E-state index contributed by atoms with van der Waals surface area (Å²) in [4.78, 5) is 18.3. The standard InChI is InChI=1S/C17H20N2O2S/c1-12(15-7-5-6-8-16(15)21-4)19(3)17(20)10-9-14-11-22-13(2)18-14/h5-12H,1-4H3/b10-9-/t12-/m0/s1. The molecule has 0 N–H and O–H groups in total. The quantitative estimate of drug-likeness (QED) is 0.790. The molecular formula is C17H20N2O2S. The topological polar surface area (TPSA) is 42.4 Å². The lowest BCUT2D eigenvalue weighted by molar-refractivity contribution is -0.126. The zero-order valence-corrected chi connectivity index (χ0v) is 14.1. The monoisotopic (exact) mass is 316 g/mol. The van der Waals surface area contributed by atoms with Crippen LogP contribution in [0.3, 0.4) is 0 Å². The first-order valence-electron chi connectivity index (χ1n) is 7.03. The first-order chi connectivity index (χ1) is 10.5. The maximum atomic E-state index is 12.3. The van der Waals surface area contributed by atoms with Gasteiger partial charge in [-0.05, 0) is 26.0 Å².